The average molecular weight is 505 g/mol. The van der Waals surface area contributed by atoms with Crippen molar-refractivity contribution in [3.05, 3.63) is 23.8 Å². The van der Waals surface area contributed by atoms with E-state index in [1.807, 2.05) is 27.1 Å². The number of rotatable bonds is 12. The van der Waals surface area contributed by atoms with Crippen LogP contribution in [0, 0.1) is 5.92 Å². The van der Waals surface area contributed by atoms with Gasteiger partial charge >= 0.3 is 0 Å². The molecule has 1 saturated carbocycles. The molecule has 0 aliphatic heterocycles. The maximum Gasteiger partial charge on any atom is 0.193 e. The zero-order chi connectivity index (χ0) is 19.5. The van der Waals surface area contributed by atoms with Crippen LogP contribution in [0.5, 0.6) is 11.5 Å². The molecule has 1 aliphatic carbocycles. The zero-order valence-corrected chi connectivity index (χ0v) is 20.0. The lowest BCUT2D eigenvalue weighted by molar-refractivity contribution is 0.115. The summed E-state index contributed by atoms with van der Waals surface area (Å²) >= 11 is 0. The first-order chi connectivity index (χ1) is 13.2. The van der Waals surface area contributed by atoms with E-state index in [9.17, 15) is 0 Å². The first kappa shape index (κ1) is 24.8. The van der Waals surface area contributed by atoms with Gasteiger partial charge in [0.25, 0.3) is 0 Å². The highest BCUT2D eigenvalue weighted by atomic mass is 127. The van der Waals surface area contributed by atoms with Gasteiger partial charge in [0.2, 0.25) is 0 Å². The average Bonchev–Trinajstić information content (AvgIpc) is 3.50. The lowest BCUT2D eigenvalue weighted by atomic mass is 10.1. The van der Waals surface area contributed by atoms with Crippen molar-refractivity contribution in [2.45, 2.75) is 32.6 Å². The minimum absolute atomic E-state index is 0. The number of nitrogens with one attached hydrogen (secondary N) is 1. The van der Waals surface area contributed by atoms with Crippen LogP contribution in [0.3, 0.4) is 0 Å². The first-order valence-corrected chi connectivity index (χ1v) is 9.97. The smallest absolute Gasteiger partial charge is 0.193 e. The van der Waals surface area contributed by atoms with Crippen LogP contribution < -0.4 is 14.8 Å². The predicted molar refractivity (Wildman–Crippen MR) is 125 cm³/mol. The van der Waals surface area contributed by atoms with Gasteiger partial charge in [-0.15, -0.1) is 24.0 Å². The quantitative estimate of drug-likeness (QED) is 0.204. The van der Waals surface area contributed by atoms with Crippen molar-refractivity contribution in [1.82, 2.24) is 10.2 Å². The molecule has 0 aromatic heterocycles. The Morgan fingerprint density at radius 1 is 1.29 bits per heavy atom. The van der Waals surface area contributed by atoms with Crippen LogP contribution in [0.4, 0.5) is 0 Å². The Morgan fingerprint density at radius 2 is 2.07 bits per heavy atom. The lowest BCUT2D eigenvalue weighted by Gasteiger charge is -2.22. The van der Waals surface area contributed by atoms with Gasteiger partial charge in [0.05, 0.1) is 20.3 Å². The number of ether oxygens (including phenoxy) is 3. The maximum atomic E-state index is 5.71. The molecule has 7 heteroatoms. The van der Waals surface area contributed by atoms with Gasteiger partial charge in [-0.05, 0) is 56.2 Å². The van der Waals surface area contributed by atoms with E-state index < -0.39 is 0 Å². The topological polar surface area (TPSA) is 55.3 Å². The van der Waals surface area contributed by atoms with Gasteiger partial charge in [0, 0.05) is 33.8 Å². The maximum absolute atomic E-state index is 5.71. The summed E-state index contributed by atoms with van der Waals surface area (Å²) in [5.41, 5.74) is 1.25. The molecule has 0 spiro atoms. The van der Waals surface area contributed by atoms with E-state index in [1.54, 1.807) is 7.11 Å². The molecule has 28 heavy (non-hydrogen) atoms. The summed E-state index contributed by atoms with van der Waals surface area (Å²) in [6, 6.07) is 6.14. The van der Waals surface area contributed by atoms with Crippen LogP contribution in [-0.4, -0.2) is 65.0 Å². The molecular formula is C21H36IN3O3. The highest BCUT2D eigenvalue weighted by Crippen LogP contribution is 2.29. The summed E-state index contributed by atoms with van der Waals surface area (Å²) in [4.78, 5) is 6.48. The van der Waals surface area contributed by atoms with Crippen molar-refractivity contribution in [2.24, 2.45) is 10.9 Å². The van der Waals surface area contributed by atoms with E-state index in [2.05, 4.69) is 27.3 Å². The van der Waals surface area contributed by atoms with Crippen LogP contribution in [0.15, 0.2) is 23.2 Å². The minimum atomic E-state index is 0. The molecule has 0 bridgehead atoms. The summed E-state index contributed by atoms with van der Waals surface area (Å²) in [5.74, 6) is 3.32. The largest absolute Gasteiger partial charge is 0.493 e. The van der Waals surface area contributed by atoms with Crippen molar-refractivity contribution >= 4 is 29.9 Å². The van der Waals surface area contributed by atoms with Gasteiger partial charge in [-0.1, -0.05) is 6.07 Å². The number of nitrogens with zero attached hydrogens (tertiary/aromatic N) is 2. The summed E-state index contributed by atoms with van der Waals surface area (Å²) in [7, 11) is 5.54. The highest BCUT2D eigenvalue weighted by molar-refractivity contribution is 14.0. The van der Waals surface area contributed by atoms with Crippen LogP contribution in [0.2, 0.25) is 0 Å². The molecule has 1 fully saturated rings. The Hall–Kier alpha value is -1.22. The molecule has 2 rings (SSSR count). The molecule has 160 valence electrons. The van der Waals surface area contributed by atoms with Gasteiger partial charge in [-0.2, -0.15) is 0 Å². The van der Waals surface area contributed by atoms with Gasteiger partial charge < -0.3 is 24.4 Å². The van der Waals surface area contributed by atoms with E-state index in [4.69, 9.17) is 14.2 Å². The number of methoxy groups -OCH3 is 1. The Bertz CT molecular complexity index is 594. The Kier molecular flexibility index (Phi) is 12.3. The van der Waals surface area contributed by atoms with Crippen LogP contribution in [-0.2, 0) is 11.2 Å². The summed E-state index contributed by atoms with van der Waals surface area (Å²) in [5, 5.41) is 3.43. The van der Waals surface area contributed by atoms with Gasteiger partial charge in [0.15, 0.2) is 17.5 Å². The molecule has 0 saturated heterocycles. The number of hydrogen-bond donors (Lipinski definition) is 1. The third kappa shape index (κ3) is 8.86. The van der Waals surface area contributed by atoms with Crippen LogP contribution in [0.25, 0.3) is 0 Å². The fraction of sp³-hybridized carbons (Fsp3) is 0.667. The second kappa shape index (κ2) is 13.9. The number of guanidine groups is 1. The molecule has 6 nitrogen and oxygen atoms in total. The highest BCUT2D eigenvalue weighted by Gasteiger charge is 2.21. The third-order valence-electron chi connectivity index (χ3n) is 4.65. The molecule has 0 heterocycles. The predicted octanol–water partition coefficient (Wildman–Crippen LogP) is 3.58. The summed E-state index contributed by atoms with van der Waals surface area (Å²) in [6.07, 6.45) is 4.66. The second-order valence-electron chi connectivity index (χ2n) is 6.94. The Morgan fingerprint density at radius 3 is 2.71 bits per heavy atom. The number of halogens is 1. The minimum Gasteiger partial charge on any atom is -0.493 e. The molecule has 0 radical (unpaired) electrons. The van der Waals surface area contributed by atoms with Crippen molar-refractivity contribution in [3.8, 4) is 11.5 Å². The number of aliphatic imine (C=N–C) groups is 1. The van der Waals surface area contributed by atoms with E-state index in [0.29, 0.717) is 6.61 Å². The Labute approximate surface area is 187 Å². The van der Waals surface area contributed by atoms with E-state index in [-0.39, 0.29) is 24.0 Å². The fourth-order valence-corrected chi connectivity index (χ4v) is 2.86. The molecule has 1 aromatic carbocycles. The molecule has 0 amide bonds. The summed E-state index contributed by atoms with van der Waals surface area (Å²) in [6.45, 7) is 5.99. The summed E-state index contributed by atoms with van der Waals surface area (Å²) < 4.78 is 16.7. The fourth-order valence-electron chi connectivity index (χ4n) is 2.86. The monoisotopic (exact) mass is 505 g/mol. The van der Waals surface area contributed by atoms with Gasteiger partial charge in [-0.25, -0.2) is 0 Å². The van der Waals surface area contributed by atoms with Gasteiger partial charge in [0.1, 0.15) is 0 Å². The van der Waals surface area contributed by atoms with Crippen LogP contribution in [0.1, 0.15) is 31.7 Å². The van der Waals surface area contributed by atoms with Crippen molar-refractivity contribution in [3.63, 3.8) is 0 Å². The number of hydrogen-bond acceptors (Lipinski definition) is 4. The van der Waals surface area contributed by atoms with Crippen LogP contribution >= 0.6 is 24.0 Å². The van der Waals surface area contributed by atoms with E-state index in [1.165, 1.54) is 18.4 Å². The van der Waals surface area contributed by atoms with Crippen molar-refractivity contribution in [1.29, 1.82) is 0 Å². The zero-order valence-electron chi connectivity index (χ0n) is 17.7. The van der Waals surface area contributed by atoms with E-state index in [0.717, 1.165) is 62.5 Å². The molecular weight excluding hydrogens is 469 g/mol. The molecule has 1 aliphatic rings. The molecule has 1 N–H and O–H groups in total. The number of benzene rings is 1. The molecule has 0 atom stereocenters. The third-order valence-corrected chi connectivity index (χ3v) is 4.65. The lowest BCUT2D eigenvalue weighted by Crippen LogP contribution is -2.41. The van der Waals surface area contributed by atoms with Gasteiger partial charge in [-0.3, -0.25) is 4.99 Å². The molecule has 1 aromatic rings. The van der Waals surface area contributed by atoms with E-state index >= 15 is 0 Å². The SMILES string of the molecule is CCOc1cc(CCCNC(=NC)N(C)CCOCC2CC2)ccc1OC.I. The first-order valence-electron chi connectivity index (χ1n) is 9.97. The normalized spacial score (nSPS) is 13.6. The molecule has 0 unspecified atom stereocenters. The van der Waals surface area contributed by atoms with Crippen molar-refractivity contribution in [2.75, 3.05) is 54.1 Å². The van der Waals surface area contributed by atoms with Crippen molar-refractivity contribution < 1.29 is 14.2 Å². The second-order valence-corrected chi connectivity index (χ2v) is 6.94. The standard InChI is InChI=1S/C21H35N3O3.HI/c1-5-27-20-15-17(10-11-19(20)25-4)7-6-12-23-21(22-2)24(3)13-14-26-16-18-8-9-18;/h10-11,15,18H,5-9,12-14,16H2,1-4H3,(H,22,23);1H. The Balaban J connectivity index is 0.00000392. The number of likely N-dealkylation sites (N-methyl/N-ethyl adjacent to an activating group) is 1. The number of aryl methyl sites for hydroxylation is 1.